The first-order chi connectivity index (χ1) is 17.0. The summed E-state index contributed by atoms with van der Waals surface area (Å²) in [5, 5.41) is 0. The lowest BCUT2D eigenvalue weighted by molar-refractivity contribution is -0.139. The summed E-state index contributed by atoms with van der Waals surface area (Å²) in [6.07, 6.45) is 17.5. The molecule has 0 saturated carbocycles. The Morgan fingerprint density at radius 3 is 1.77 bits per heavy atom. The van der Waals surface area contributed by atoms with Crippen LogP contribution in [0.25, 0.3) is 0 Å². The van der Waals surface area contributed by atoms with Gasteiger partial charge in [0.2, 0.25) is 0 Å². The average Bonchev–Trinajstić information content (AvgIpc) is 2.86. The summed E-state index contributed by atoms with van der Waals surface area (Å²) >= 11 is 0. The fourth-order valence-electron chi connectivity index (χ4n) is 3.71. The number of carbonyl (C=O) groups excluding carboxylic acids is 3. The monoisotopic (exact) mass is 484 g/mol. The van der Waals surface area contributed by atoms with Gasteiger partial charge in [-0.2, -0.15) is 0 Å². The van der Waals surface area contributed by atoms with Gasteiger partial charge in [0.1, 0.15) is 0 Å². The molecule has 35 heavy (non-hydrogen) atoms. The molecule has 0 aliphatic carbocycles. The molecule has 0 aliphatic heterocycles. The number of benzene rings is 1. The van der Waals surface area contributed by atoms with E-state index < -0.39 is 11.9 Å². The van der Waals surface area contributed by atoms with Crippen LogP contribution in [0.5, 0.6) is 0 Å². The lowest BCUT2D eigenvalue weighted by atomic mass is 10.1. The Labute approximate surface area is 212 Å². The molecule has 0 N–H and O–H groups in total. The Kier molecular flexibility index (Phi) is 17.0. The van der Waals surface area contributed by atoms with Crippen LogP contribution in [-0.4, -0.2) is 30.9 Å². The van der Waals surface area contributed by atoms with Crippen molar-refractivity contribution in [3.05, 3.63) is 59.2 Å². The van der Waals surface area contributed by atoms with E-state index in [1.54, 1.807) is 38.1 Å². The van der Waals surface area contributed by atoms with Crippen LogP contribution in [0.15, 0.2) is 53.6 Å². The number of allylic oxidation sites excluding steroid dienone is 1. The molecule has 1 rings (SSSR count). The first kappa shape index (κ1) is 30.3. The molecule has 1 aromatic rings. The summed E-state index contributed by atoms with van der Waals surface area (Å²) in [5.41, 5.74) is 0.736. The van der Waals surface area contributed by atoms with Gasteiger partial charge in [0, 0.05) is 17.2 Å². The number of carbonyl (C=O) groups is 3. The number of esters is 2. The molecule has 0 fully saturated rings. The highest BCUT2D eigenvalue weighted by Gasteiger charge is 2.15. The molecule has 1 aromatic carbocycles. The third-order valence-corrected chi connectivity index (χ3v) is 5.78. The normalized spacial score (nSPS) is 11.9. The molecule has 0 unspecified atom stereocenters. The van der Waals surface area contributed by atoms with E-state index in [2.05, 4.69) is 6.92 Å². The van der Waals surface area contributed by atoms with Gasteiger partial charge >= 0.3 is 11.9 Å². The van der Waals surface area contributed by atoms with Crippen molar-refractivity contribution in [2.75, 3.05) is 13.2 Å². The second kappa shape index (κ2) is 19.6. The van der Waals surface area contributed by atoms with Gasteiger partial charge in [-0.05, 0) is 26.3 Å². The Hall–Kier alpha value is -2.69. The fourth-order valence-corrected chi connectivity index (χ4v) is 3.71. The standard InChI is InChI=1S/C30H44O5/c1-4-6-7-8-9-10-11-12-13-14-15-19-22-35-29(32)25(3)23-27(30(33)34-5-2)24-28(31)26-20-17-16-18-21-26/h16-18,20-21,23-24H,4-15,19,22H2,1-3H3. The topological polar surface area (TPSA) is 69.7 Å². The van der Waals surface area contributed by atoms with Crippen molar-refractivity contribution in [2.45, 2.75) is 97.8 Å². The number of unbranched alkanes of at least 4 members (excludes halogenated alkanes) is 11. The molecule has 0 aromatic heterocycles. The van der Waals surface area contributed by atoms with Crippen LogP contribution in [0, 0.1) is 0 Å². The highest BCUT2D eigenvalue weighted by molar-refractivity contribution is 6.10. The summed E-state index contributed by atoms with van der Waals surface area (Å²) in [5.74, 6) is -1.47. The molecular weight excluding hydrogens is 440 g/mol. The second-order valence-electron chi connectivity index (χ2n) is 8.90. The maximum Gasteiger partial charge on any atom is 0.338 e. The predicted molar refractivity (Wildman–Crippen MR) is 141 cm³/mol. The van der Waals surface area contributed by atoms with Crippen molar-refractivity contribution >= 4 is 17.7 Å². The molecular formula is C30H44O5. The molecule has 194 valence electrons. The van der Waals surface area contributed by atoms with Gasteiger partial charge in [0.15, 0.2) is 5.78 Å². The Morgan fingerprint density at radius 1 is 0.686 bits per heavy atom. The highest BCUT2D eigenvalue weighted by Crippen LogP contribution is 2.13. The van der Waals surface area contributed by atoms with Crippen molar-refractivity contribution in [3.63, 3.8) is 0 Å². The number of ketones is 1. The summed E-state index contributed by atoms with van der Waals surface area (Å²) < 4.78 is 10.4. The summed E-state index contributed by atoms with van der Waals surface area (Å²) in [7, 11) is 0. The third-order valence-electron chi connectivity index (χ3n) is 5.78. The number of hydrogen-bond donors (Lipinski definition) is 0. The summed E-state index contributed by atoms with van der Waals surface area (Å²) in [6.45, 7) is 6.03. The SMILES string of the molecule is CCCCCCCCCCCCCCOC(=O)C(C)=CC(=CC(=O)c1ccccc1)C(=O)OCC. The van der Waals surface area contributed by atoms with E-state index in [0.717, 1.165) is 19.3 Å². The van der Waals surface area contributed by atoms with Gasteiger partial charge in [-0.3, -0.25) is 4.79 Å². The van der Waals surface area contributed by atoms with Crippen molar-refractivity contribution in [1.82, 2.24) is 0 Å². The van der Waals surface area contributed by atoms with Crippen LogP contribution in [0.1, 0.15) is 108 Å². The third kappa shape index (κ3) is 14.3. The van der Waals surface area contributed by atoms with E-state index in [1.165, 1.54) is 69.9 Å². The van der Waals surface area contributed by atoms with Gasteiger partial charge in [-0.25, -0.2) is 9.59 Å². The molecule has 0 radical (unpaired) electrons. The molecule has 0 heterocycles. The highest BCUT2D eigenvalue weighted by atomic mass is 16.5. The average molecular weight is 485 g/mol. The first-order valence-electron chi connectivity index (χ1n) is 13.3. The molecule has 0 aliphatic rings. The fraction of sp³-hybridized carbons (Fsp3) is 0.567. The van der Waals surface area contributed by atoms with Crippen LogP contribution < -0.4 is 0 Å². The van der Waals surface area contributed by atoms with Gasteiger partial charge in [0.25, 0.3) is 0 Å². The van der Waals surface area contributed by atoms with E-state index in [9.17, 15) is 14.4 Å². The van der Waals surface area contributed by atoms with Crippen LogP contribution >= 0.6 is 0 Å². The molecule has 0 saturated heterocycles. The van der Waals surface area contributed by atoms with E-state index in [0.29, 0.717) is 12.2 Å². The predicted octanol–water partition coefficient (Wildman–Crippen LogP) is 7.55. The van der Waals surface area contributed by atoms with Crippen LogP contribution in [0.4, 0.5) is 0 Å². The lowest BCUT2D eigenvalue weighted by Gasteiger charge is -2.07. The Morgan fingerprint density at radius 2 is 1.23 bits per heavy atom. The van der Waals surface area contributed by atoms with E-state index in [1.807, 2.05) is 6.07 Å². The molecule has 0 bridgehead atoms. The lowest BCUT2D eigenvalue weighted by Crippen LogP contribution is -2.12. The van der Waals surface area contributed by atoms with Crippen molar-refractivity contribution < 1.29 is 23.9 Å². The summed E-state index contributed by atoms with van der Waals surface area (Å²) in [4.78, 5) is 37.2. The number of rotatable bonds is 19. The minimum absolute atomic E-state index is 0.0283. The molecule has 0 spiro atoms. The first-order valence-corrected chi connectivity index (χ1v) is 13.3. The largest absolute Gasteiger partial charge is 0.462 e. The van der Waals surface area contributed by atoms with Gasteiger partial charge in [0.05, 0.1) is 18.8 Å². The van der Waals surface area contributed by atoms with E-state index >= 15 is 0 Å². The van der Waals surface area contributed by atoms with Crippen LogP contribution in [0.3, 0.4) is 0 Å². The zero-order valence-corrected chi connectivity index (χ0v) is 22.0. The maximum atomic E-state index is 12.5. The van der Waals surface area contributed by atoms with Crippen molar-refractivity contribution in [2.24, 2.45) is 0 Å². The summed E-state index contributed by atoms with van der Waals surface area (Å²) in [6, 6.07) is 8.64. The van der Waals surface area contributed by atoms with Crippen molar-refractivity contribution in [1.29, 1.82) is 0 Å². The van der Waals surface area contributed by atoms with E-state index in [4.69, 9.17) is 9.47 Å². The quantitative estimate of drug-likeness (QED) is 0.0666. The van der Waals surface area contributed by atoms with Crippen LogP contribution in [0.2, 0.25) is 0 Å². The molecule has 0 amide bonds. The zero-order chi connectivity index (χ0) is 25.7. The molecule has 5 nitrogen and oxygen atoms in total. The zero-order valence-electron chi connectivity index (χ0n) is 22.0. The molecule has 5 heteroatoms. The van der Waals surface area contributed by atoms with Gasteiger partial charge in [-0.15, -0.1) is 0 Å². The molecule has 0 atom stereocenters. The number of ether oxygens (including phenoxy) is 2. The second-order valence-corrected chi connectivity index (χ2v) is 8.90. The number of hydrogen-bond acceptors (Lipinski definition) is 5. The Bertz CT molecular complexity index is 807. The Balaban J connectivity index is 2.38. The van der Waals surface area contributed by atoms with E-state index in [-0.39, 0.29) is 23.5 Å². The minimum Gasteiger partial charge on any atom is -0.462 e. The maximum absolute atomic E-state index is 12.5. The van der Waals surface area contributed by atoms with Crippen LogP contribution in [-0.2, 0) is 19.1 Å². The minimum atomic E-state index is -0.648. The smallest absolute Gasteiger partial charge is 0.338 e. The van der Waals surface area contributed by atoms with Gasteiger partial charge < -0.3 is 9.47 Å². The van der Waals surface area contributed by atoms with Gasteiger partial charge in [-0.1, -0.05) is 108 Å². The van der Waals surface area contributed by atoms with Crippen molar-refractivity contribution in [3.8, 4) is 0 Å².